The van der Waals surface area contributed by atoms with Gasteiger partial charge in [-0.15, -0.1) is 0 Å². The number of aliphatic hydroxyl groups is 1. The summed E-state index contributed by atoms with van der Waals surface area (Å²) in [6, 6.07) is 0. The van der Waals surface area contributed by atoms with Gasteiger partial charge >= 0.3 is 0 Å². The molecule has 1 N–H and O–H groups in total. The van der Waals surface area contributed by atoms with Crippen molar-refractivity contribution < 1.29 is 9.90 Å². The standard InChI is InChI=1S/C10H14O2/c1-7-5-8(11)6-9(2,12)10(7)3-4-10/h5,12H,3-4,6H2,1-2H3. The second-order valence-corrected chi connectivity index (χ2v) is 4.33. The lowest BCUT2D eigenvalue weighted by atomic mass is 9.73. The highest BCUT2D eigenvalue weighted by atomic mass is 16.3. The fourth-order valence-corrected chi connectivity index (χ4v) is 2.42. The quantitative estimate of drug-likeness (QED) is 0.591. The summed E-state index contributed by atoms with van der Waals surface area (Å²) >= 11 is 0. The Labute approximate surface area is 72.3 Å². The second-order valence-electron chi connectivity index (χ2n) is 4.33. The van der Waals surface area contributed by atoms with E-state index in [9.17, 15) is 9.90 Å². The predicted molar refractivity (Wildman–Crippen MR) is 45.7 cm³/mol. The molecule has 2 nitrogen and oxygen atoms in total. The fraction of sp³-hybridized carbons (Fsp3) is 0.700. The zero-order valence-electron chi connectivity index (χ0n) is 7.55. The summed E-state index contributed by atoms with van der Waals surface area (Å²) in [6.07, 6.45) is 4.07. The van der Waals surface area contributed by atoms with Crippen molar-refractivity contribution in [2.24, 2.45) is 5.41 Å². The summed E-state index contributed by atoms with van der Waals surface area (Å²) < 4.78 is 0. The van der Waals surface area contributed by atoms with Gasteiger partial charge in [0.25, 0.3) is 0 Å². The van der Waals surface area contributed by atoms with E-state index in [-0.39, 0.29) is 11.2 Å². The number of hydrogen-bond donors (Lipinski definition) is 1. The van der Waals surface area contributed by atoms with Gasteiger partial charge in [0, 0.05) is 11.8 Å². The first-order chi connectivity index (χ1) is 5.48. The third-order valence-corrected chi connectivity index (χ3v) is 3.43. The lowest BCUT2D eigenvalue weighted by Crippen LogP contribution is -2.42. The highest BCUT2D eigenvalue weighted by Gasteiger charge is 2.59. The third-order valence-electron chi connectivity index (χ3n) is 3.43. The van der Waals surface area contributed by atoms with Gasteiger partial charge in [-0.1, -0.05) is 5.57 Å². The van der Waals surface area contributed by atoms with E-state index in [1.165, 1.54) is 0 Å². The van der Waals surface area contributed by atoms with Gasteiger partial charge in [-0.05, 0) is 32.8 Å². The number of carbonyl (C=O) groups is 1. The smallest absolute Gasteiger partial charge is 0.158 e. The highest BCUT2D eigenvalue weighted by molar-refractivity contribution is 5.93. The number of hydrogen-bond acceptors (Lipinski definition) is 2. The van der Waals surface area contributed by atoms with Crippen LogP contribution in [0.1, 0.15) is 33.1 Å². The van der Waals surface area contributed by atoms with Crippen molar-refractivity contribution in [3.8, 4) is 0 Å². The molecular weight excluding hydrogens is 152 g/mol. The molecule has 66 valence electrons. The highest BCUT2D eigenvalue weighted by Crippen LogP contribution is 2.61. The van der Waals surface area contributed by atoms with Crippen LogP contribution in [0.4, 0.5) is 0 Å². The van der Waals surface area contributed by atoms with Crippen molar-refractivity contribution >= 4 is 5.78 Å². The van der Waals surface area contributed by atoms with Crippen LogP contribution in [0.15, 0.2) is 11.6 Å². The Morgan fingerprint density at radius 1 is 1.50 bits per heavy atom. The number of allylic oxidation sites excluding steroid dienone is 1. The maximum Gasteiger partial charge on any atom is 0.158 e. The number of rotatable bonds is 0. The van der Waals surface area contributed by atoms with Crippen LogP contribution in [0.3, 0.4) is 0 Å². The normalized spacial score (nSPS) is 38.2. The molecule has 1 spiro atoms. The van der Waals surface area contributed by atoms with Crippen molar-refractivity contribution in [1.82, 2.24) is 0 Å². The molecule has 2 aliphatic carbocycles. The van der Waals surface area contributed by atoms with Gasteiger partial charge in [-0.3, -0.25) is 4.79 Å². The van der Waals surface area contributed by atoms with Gasteiger partial charge in [0.05, 0.1) is 5.60 Å². The molecule has 0 bridgehead atoms. The molecule has 2 heteroatoms. The van der Waals surface area contributed by atoms with Gasteiger partial charge in [0.2, 0.25) is 0 Å². The fourth-order valence-electron chi connectivity index (χ4n) is 2.42. The minimum Gasteiger partial charge on any atom is -0.389 e. The van der Waals surface area contributed by atoms with Crippen molar-refractivity contribution in [2.75, 3.05) is 0 Å². The van der Waals surface area contributed by atoms with Crippen LogP contribution in [-0.4, -0.2) is 16.5 Å². The molecule has 2 rings (SSSR count). The average molecular weight is 166 g/mol. The van der Waals surface area contributed by atoms with Gasteiger partial charge in [0.15, 0.2) is 5.78 Å². The molecule has 0 aliphatic heterocycles. The van der Waals surface area contributed by atoms with Crippen molar-refractivity contribution in [2.45, 2.75) is 38.7 Å². The predicted octanol–water partition coefficient (Wildman–Crippen LogP) is 1.44. The van der Waals surface area contributed by atoms with Crippen molar-refractivity contribution in [1.29, 1.82) is 0 Å². The minimum atomic E-state index is -0.789. The van der Waals surface area contributed by atoms with Crippen LogP contribution in [-0.2, 0) is 4.79 Å². The molecule has 1 atom stereocenters. The Morgan fingerprint density at radius 3 is 2.50 bits per heavy atom. The van der Waals surface area contributed by atoms with Crippen LogP contribution in [0.2, 0.25) is 0 Å². The van der Waals surface area contributed by atoms with E-state index in [2.05, 4.69) is 0 Å². The van der Waals surface area contributed by atoms with Gasteiger partial charge in [0.1, 0.15) is 0 Å². The van der Waals surface area contributed by atoms with Crippen LogP contribution >= 0.6 is 0 Å². The maximum absolute atomic E-state index is 11.2. The van der Waals surface area contributed by atoms with E-state index in [4.69, 9.17) is 0 Å². The van der Waals surface area contributed by atoms with E-state index in [0.717, 1.165) is 18.4 Å². The van der Waals surface area contributed by atoms with Crippen LogP contribution < -0.4 is 0 Å². The van der Waals surface area contributed by atoms with Crippen molar-refractivity contribution in [3.05, 3.63) is 11.6 Å². The molecule has 12 heavy (non-hydrogen) atoms. The van der Waals surface area contributed by atoms with Gasteiger partial charge in [-0.25, -0.2) is 0 Å². The molecule has 0 amide bonds. The lowest BCUT2D eigenvalue weighted by Gasteiger charge is -2.36. The largest absolute Gasteiger partial charge is 0.389 e. The molecule has 0 aromatic rings. The second kappa shape index (κ2) is 1.99. The summed E-state index contributed by atoms with van der Waals surface area (Å²) in [6.45, 7) is 3.74. The zero-order valence-corrected chi connectivity index (χ0v) is 7.55. The molecule has 1 saturated carbocycles. The van der Waals surface area contributed by atoms with E-state index in [0.29, 0.717) is 6.42 Å². The Hall–Kier alpha value is -0.630. The maximum atomic E-state index is 11.2. The minimum absolute atomic E-state index is 0.0408. The first-order valence-electron chi connectivity index (χ1n) is 4.42. The van der Waals surface area contributed by atoms with Crippen molar-refractivity contribution in [3.63, 3.8) is 0 Å². The molecule has 1 fully saturated rings. The molecule has 0 heterocycles. The van der Waals surface area contributed by atoms with Crippen LogP contribution in [0, 0.1) is 5.41 Å². The monoisotopic (exact) mass is 166 g/mol. The first-order valence-corrected chi connectivity index (χ1v) is 4.42. The van der Waals surface area contributed by atoms with E-state index in [1.807, 2.05) is 6.92 Å². The molecule has 0 saturated heterocycles. The SMILES string of the molecule is CC1=CC(=O)CC(C)(O)C12CC2. The average Bonchev–Trinajstić information content (AvgIpc) is 2.60. The zero-order chi connectivity index (χ0) is 8.98. The molecule has 0 radical (unpaired) electrons. The Morgan fingerprint density at radius 2 is 2.08 bits per heavy atom. The van der Waals surface area contributed by atoms with Gasteiger partial charge < -0.3 is 5.11 Å². The number of ketones is 1. The van der Waals surface area contributed by atoms with Gasteiger partial charge in [-0.2, -0.15) is 0 Å². The molecule has 1 unspecified atom stereocenters. The molecule has 0 aromatic heterocycles. The molecule has 0 aromatic carbocycles. The van der Waals surface area contributed by atoms with Crippen LogP contribution in [0.5, 0.6) is 0 Å². The molecule has 2 aliphatic rings. The third kappa shape index (κ3) is 0.816. The van der Waals surface area contributed by atoms with E-state index in [1.54, 1.807) is 13.0 Å². The first kappa shape index (κ1) is 7.99. The summed E-state index contributed by atoms with van der Waals surface area (Å²) in [4.78, 5) is 11.2. The van der Waals surface area contributed by atoms with E-state index >= 15 is 0 Å². The van der Waals surface area contributed by atoms with E-state index < -0.39 is 5.60 Å². The summed E-state index contributed by atoms with van der Waals surface area (Å²) in [5.41, 5.74) is 0.243. The Balaban J connectivity index is 2.43. The van der Waals surface area contributed by atoms with Crippen LogP contribution in [0.25, 0.3) is 0 Å². The molecular formula is C10H14O2. The summed E-state index contributed by atoms with van der Waals surface area (Å²) in [5, 5.41) is 10.0. The lowest BCUT2D eigenvalue weighted by molar-refractivity contribution is -0.122. The number of carbonyl (C=O) groups excluding carboxylic acids is 1. The summed E-state index contributed by atoms with van der Waals surface area (Å²) in [7, 11) is 0. The Bertz CT molecular complexity index is 270. The summed E-state index contributed by atoms with van der Waals surface area (Å²) in [5.74, 6) is 0.0648. The topological polar surface area (TPSA) is 37.3 Å². The Kier molecular flexibility index (Phi) is 1.33.